The summed E-state index contributed by atoms with van der Waals surface area (Å²) in [6.07, 6.45) is 7.92. The first-order valence-electron chi connectivity index (χ1n) is 11.5. The molecule has 2 fully saturated rings. The number of ketones is 1. The highest BCUT2D eigenvalue weighted by Crippen LogP contribution is 2.37. The van der Waals surface area contributed by atoms with Crippen LogP contribution in [0.5, 0.6) is 5.75 Å². The predicted octanol–water partition coefficient (Wildman–Crippen LogP) is 6.62. The Kier molecular flexibility index (Phi) is 6.20. The standard InChI is InChI=1S/C26H28Cl2N2O2/c1-17(31)24-16-29(26-23(24)4-2-5-25(26)28)12-3-13-30-19-8-9-20(30)15-22(14-19)32-21-10-6-18(27)7-11-21/h2,4-7,10-11,16,19-20,22H,3,8-9,12-15H2,1H3. The molecule has 4 nitrogen and oxygen atoms in total. The van der Waals surface area contributed by atoms with Gasteiger partial charge in [0.25, 0.3) is 0 Å². The van der Waals surface area contributed by atoms with Crippen LogP contribution in [0, 0.1) is 0 Å². The van der Waals surface area contributed by atoms with E-state index in [1.54, 1.807) is 6.92 Å². The Morgan fingerprint density at radius 1 is 1.03 bits per heavy atom. The molecule has 2 bridgehead atoms. The van der Waals surface area contributed by atoms with Crippen molar-refractivity contribution in [2.75, 3.05) is 6.54 Å². The number of benzene rings is 2. The number of piperidine rings is 1. The molecule has 2 aliphatic heterocycles. The van der Waals surface area contributed by atoms with Crippen molar-refractivity contribution in [2.45, 2.75) is 63.8 Å². The number of para-hydroxylation sites is 1. The quantitative estimate of drug-likeness (QED) is 0.364. The third kappa shape index (κ3) is 4.28. The van der Waals surface area contributed by atoms with Crippen LogP contribution in [0.1, 0.15) is 49.4 Å². The van der Waals surface area contributed by atoms with Crippen molar-refractivity contribution in [2.24, 2.45) is 0 Å². The number of ether oxygens (including phenoxy) is 1. The lowest BCUT2D eigenvalue weighted by molar-refractivity contribution is 0.0482. The Hall–Kier alpha value is -2.01. The van der Waals surface area contributed by atoms with E-state index in [2.05, 4.69) is 9.47 Å². The van der Waals surface area contributed by atoms with Gasteiger partial charge in [-0.3, -0.25) is 9.69 Å². The maximum absolute atomic E-state index is 12.1. The Bertz CT molecular complexity index is 1110. The fraction of sp³-hybridized carbons (Fsp3) is 0.423. The van der Waals surface area contributed by atoms with Gasteiger partial charge in [0.05, 0.1) is 10.5 Å². The van der Waals surface area contributed by atoms with E-state index < -0.39 is 0 Å². The summed E-state index contributed by atoms with van der Waals surface area (Å²) >= 11 is 12.5. The number of Topliss-reactive ketones (excluding diaryl/α,β-unsaturated/α-hetero) is 1. The summed E-state index contributed by atoms with van der Waals surface area (Å²) in [4.78, 5) is 14.8. The molecule has 6 heteroatoms. The average molecular weight is 471 g/mol. The molecule has 2 saturated heterocycles. The molecule has 2 aliphatic rings. The first-order valence-corrected chi connectivity index (χ1v) is 12.2. The van der Waals surface area contributed by atoms with Crippen LogP contribution in [0.4, 0.5) is 0 Å². The molecule has 0 N–H and O–H groups in total. The number of halogens is 2. The molecule has 0 spiro atoms. The van der Waals surface area contributed by atoms with Gasteiger partial charge in [0.1, 0.15) is 11.9 Å². The van der Waals surface area contributed by atoms with E-state index >= 15 is 0 Å². The third-order valence-corrected chi connectivity index (χ3v) is 7.56. The van der Waals surface area contributed by atoms with Crippen molar-refractivity contribution in [3.8, 4) is 5.75 Å². The number of fused-ring (bicyclic) bond motifs is 3. The second-order valence-electron chi connectivity index (χ2n) is 9.07. The molecule has 0 aliphatic carbocycles. The summed E-state index contributed by atoms with van der Waals surface area (Å²) in [6.45, 7) is 3.53. The molecule has 32 heavy (non-hydrogen) atoms. The maximum atomic E-state index is 12.1. The number of hydrogen-bond donors (Lipinski definition) is 0. The van der Waals surface area contributed by atoms with E-state index in [1.807, 2.05) is 48.7 Å². The lowest BCUT2D eigenvalue weighted by Crippen LogP contribution is -2.46. The smallest absolute Gasteiger partial charge is 0.161 e. The lowest BCUT2D eigenvalue weighted by atomic mass is 9.99. The topological polar surface area (TPSA) is 34.5 Å². The second kappa shape index (κ2) is 9.09. The molecule has 2 aromatic carbocycles. The zero-order valence-corrected chi connectivity index (χ0v) is 19.8. The molecule has 5 rings (SSSR count). The van der Waals surface area contributed by atoms with Gasteiger partial charge in [-0.2, -0.15) is 0 Å². The number of carbonyl (C=O) groups excluding carboxylic acids is 1. The van der Waals surface area contributed by atoms with Crippen LogP contribution in [-0.4, -0.2) is 40.0 Å². The SMILES string of the molecule is CC(=O)c1cn(CCCN2C3CCC2CC(Oc2ccc(Cl)cc2)C3)c2c(Cl)cccc12. The molecule has 1 aromatic heterocycles. The first kappa shape index (κ1) is 21.8. The Morgan fingerprint density at radius 3 is 2.44 bits per heavy atom. The molecule has 0 radical (unpaired) electrons. The van der Waals surface area contributed by atoms with E-state index in [1.165, 1.54) is 12.8 Å². The van der Waals surface area contributed by atoms with Crippen LogP contribution in [0.3, 0.4) is 0 Å². The van der Waals surface area contributed by atoms with Crippen molar-refractivity contribution in [3.05, 3.63) is 64.3 Å². The van der Waals surface area contributed by atoms with Crippen LogP contribution < -0.4 is 4.74 Å². The van der Waals surface area contributed by atoms with Crippen LogP contribution in [0.15, 0.2) is 48.7 Å². The van der Waals surface area contributed by atoms with E-state index in [0.717, 1.165) is 59.6 Å². The van der Waals surface area contributed by atoms with Gasteiger partial charge in [-0.1, -0.05) is 35.3 Å². The van der Waals surface area contributed by atoms with E-state index in [0.29, 0.717) is 17.1 Å². The first-order chi connectivity index (χ1) is 15.5. The van der Waals surface area contributed by atoms with Gasteiger partial charge in [0.15, 0.2) is 5.78 Å². The summed E-state index contributed by atoms with van der Waals surface area (Å²) in [6, 6.07) is 14.7. The van der Waals surface area contributed by atoms with Gasteiger partial charge < -0.3 is 9.30 Å². The number of hydrogen-bond acceptors (Lipinski definition) is 3. The number of aryl methyl sites for hydroxylation is 1. The minimum absolute atomic E-state index is 0.0804. The van der Waals surface area contributed by atoms with Gasteiger partial charge in [0.2, 0.25) is 0 Å². The minimum atomic E-state index is 0.0804. The predicted molar refractivity (Wildman–Crippen MR) is 130 cm³/mol. The Labute approximate surface area is 199 Å². The average Bonchev–Trinajstić information content (AvgIpc) is 3.25. The molecule has 0 saturated carbocycles. The molecule has 0 amide bonds. The van der Waals surface area contributed by atoms with Crippen molar-refractivity contribution in [3.63, 3.8) is 0 Å². The van der Waals surface area contributed by atoms with Crippen LogP contribution in [-0.2, 0) is 6.54 Å². The minimum Gasteiger partial charge on any atom is -0.490 e. The Balaban J connectivity index is 1.22. The third-order valence-electron chi connectivity index (χ3n) is 7.00. The van der Waals surface area contributed by atoms with Crippen molar-refractivity contribution >= 4 is 39.9 Å². The molecule has 3 aromatic rings. The molecular formula is C26H28Cl2N2O2. The summed E-state index contributed by atoms with van der Waals surface area (Å²) in [7, 11) is 0. The van der Waals surface area contributed by atoms with Crippen molar-refractivity contribution < 1.29 is 9.53 Å². The highest BCUT2D eigenvalue weighted by atomic mass is 35.5. The summed E-state index contributed by atoms with van der Waals surface area (Å²) in [5.41, 5.74) is 1.72. The monoisotopic (exact) mass is 470 g/mol. The van der Waals surface area contributed by atoms with Crippen LogP contribution in [0.25, 0.3) is 10.9 Å². The van der Waals surface area contributed by atoms with E-state index in [9.17, 15) is 4.79 Å². The molecule has 168 valence electrons. The largest absolute Gasteiger partial charge is 0.490 e. The van der Waals surface area contributed by atoms with Gasteiger partial charge in [-0.15, -0.1) is 0 Å². The zero-order chi connectivity index (χ0) is 22.2. The van der Waals surface area contributed by atoms with Crippen molar-refractivity contribution in [1.82, 2.24) is 9.47 Å². The zero-order valence-electron chi connectivity index (χ0n) is 18.3. The van der Waals surface area contributed by atoms with E-state index in [4.69, 9.17) is 27.9 Å². The summed E-state index contributed by atoms with van der Waals surface area (Å²) < 4.78 is 8.42. The lowest BCUT2D eigenvalue weighted by Gasteiger charge is -2.39. The normalized spacial score (nSPS) is 23.0. The molecular weight excluding hydrogens is 443 g/mol. The highest BCUT2D eigenvalue weighted by molar-refractivity contribution is 6.35. The molecule has 3 heterocycles. The van der Waals surface area contributed by atoms with Crippen LogP contribution >= 0.6 is 23.2 Å². The van der Waals surface area contributed by atoms with Gasteiger partial charge in [-0.05, 0) is 69.4 Å². The summed E-state index contributed by atoms with van der Waals surface area (Å²) in [5, 5.41) is 2.39. The number of aromatic nitrogens is 1. The number of carbonyl (C=O) groups is 1. The molecule has 2 unspecified atom stereocenters. The second-order valence-corrected chi connectivity index (χ2v) is 9.91. The fourth-order valence-electron chi connectivity index (χ4n) is 5.59. The van der Waals surface area contributed by atoms with Gasteiger partial charge in [0, 0.05) is 47.3 Å². The maximum Gasteiger partial charge on any atom is 0.161 e. The number of rotatable bonds is 7. The van der Waals surface area contributed by atoms with Gasteiger partial charge in [-0.25, -0.2) is 0 Å². The highest BCUT2D eigenvalue weighted by Gasteiger charge is 2.41. The van der Waals surface area contributed by atoms with Gasteiger partial charge >= 0.3 is 0 Å². The molecule has 2 atom stereocenters. The Morgan fingerprint density at radius 2 is 1.75 bits per heavy atom. The number of nitrogens with zero attached hydrogens (tertiary/aromatic N) is 2. The summed E-state index contributed by atoms with van der Waals surface area (Å²) in [5.74, 6) is 0.988. The van der Waals surface area contributed by atoms with Crippen LogP contribution in [0.2, 0.25) is 10.0 Å². The van der Waals surface area contributed by atoms with E-state index in [-0.39, 0.29) is 11.9 Å². The fourth-order valence-corrected chi connectivity index (χ4v) is 6.00. The van der Waals surface area contributed by atoms with Crippen molar-refractivity contribution in [1.29, 1.82) is 0 Å².